The van der Waals surface area contributed by atoms with Crippen molar-refractivity contribution < 1.29 is 9.53 Å². The third kappa shape index (κ3) is 5.04. The first-order valence-electron chi connectivity index (χ1n) is 8.04. The largest absolute Gasteiger partial charge is 0.374 e. The fourth-order valence-electron chi connectivity index (χ4n) is 3.06. The lowest BCUT2D eigenvalue weighted by Gasteiger charge is -2.34. The molecule has 2 atom stereocenters. The van der Waals surface area contributed by atoms with Gasteiger partial charge in [0.2, 0.25) is 5.91 Å². The summed E-state index contributed by atoms with van der Waals surface area (Å²) in [5, 5.41) is 3.17. The summed E-state index contributed by atoms with van der Waals surface area (Å²) < 4.78 is 5.63. The average molecular weight is 283 g/mol. The molecule has 0 radical (unpaired) electrons. The Morgan fingerprint density at radius 1 is 1.40 bits per heavy atom. The van der Waals surface area contributed by atoms with E-state index in [4.69, 9.17) is 10.5 Å². The second-order valence-electron chi connectivity index (χ2n) is 6.22. The normalized spacial score (nSPS) is 27.2. The molecule has 0 bridgehead atoms. The van der Waals surface area contributed by atoms with E-state index in [1.807, 2.05) is 6.92 Å². The van der Waals surface area contributed by atoms with Crippen LogP contribution in [-0.4, -0.2) is 55.2 Å². The molecule has 2 rings (SSSR count). The lowest BCUT2D eigenvalue weighted by Crippen LogP contribution is -2.50. The second kappa shape index (κ2) is 7.96. The third-order valence-corrected chi connectivity index (χ3v) is 4.39. The summed E-state index contributed by atoms with van der Waals surface area (Å²) in [5.41, 5.74) is 5.88. The molecule has 116 valence electrons. The van der Waals surface area contributed by atoms with Gasteiger partial charge in [-0.1, -0.05) is 19.3 Å². The molecule has 1 heterocycles. The Kier molecular flexibility index (Phi) is 6.26. The molecule has 5 nitrogen and oxygen atoms in total. The van der Waals surface area contributed by atoms with Crippen LogP contribution in [0, 0.1) is 0 Å². The van der Waals surface area contributed by atoms with Gasteiger partial charge in [0, 0.05) is 38.1 Å². The molecule has 1 aliphatic heterocycles. The van der Waals surface area contributed by atoms with Crippen LogP contribution in [0.25, 0.3) is 0 Å². The molecule has 5 heteroatoms. The minimum Gasteiger partial charge on any atom is -0.374 e. The number of amides is 1. The Balaban J connectivity index is 1.64. The van der Waals surface area contributed by atoms with E-state index in [-0.39, 0.29) is 18.1 Å². The highest BCUT2D eigenvalue weighted by molar-refractivity contribution is 5.76. The summed E-state index contributed by atoms with van der Waals surface area (Å²) >= 11 is 0. The van der Waals surface area contributed by atoms with Gasteiger partial charge in [-0.3, -0.25) is 9.69 Å². The SMILES string of the molecule is CC(N)C1CN(CCC(=O)NC2CCCCC2)CCO1. The minimum absolute atomic E-state index is 0.0499. The number of nitrogens with two attached hydrogens (primary N) is 1. The Morgan fingerprint density at radius 2 is 2.15 bits per heavy atom. The first-order chi connectivity index (χ1) is 9.65. The highest BCUT2D eigenvalue weighted by Crippen LogP contribution is 2.17. The van der Waals surface area contributed by atoms with Crippen molar-refractivity contribution in [2.75, 3.05) is 26.2 Å². The quantitative estimate of drug-likeness (QED) is 0.786. The lowest BCUT2D eigenvalue weighted by atomic mass is 9.95. The van der Waals surface area contributed by atoms with Crippen LogP contribution in [0.4, 0.5) is 0 Å². The van der Waals surface area contributed by atoms with Gasteiger partial charge in [-0.15, -0.1) is 0 Å². The molecule has 0 aromatic carbocycles. The summed E-state index contributed by atoms with van der Waals surface area (Å²) in [5.74, 6) is 0.195. The maximum Gasteiger partial charge on any atom is 0.221 e. The Hall–Kier alpha value is -0.650. The fraction of sp³-hybridized carbons (Fsp3) is 0.933. The maximum absolute atomic E-state index is 12.0. The maximum atomic E-state index is 12.0. The third-order valence-electron chi connectivity index (χ3n) is 4.39. The van der Waals surface area contributed by atoms with Crippen molar-refractivity contribution in [3.05, 3.63) is 0 Å². The fourth-order valence-corrected chi connectivity index (χ4v) is 3.06. The Bertz CT molecular complexity index is 303. The van der Waals surface area contributed by atoms with Gasteiger partial charge < -0.3 is 15.8 Å². The number of nitrogens with zero attached hydrogens (tertiary/aromatic N) is 1. The van der Waals surface area contributed by atoms with Crippen LogP contribution in [0.5, 0.6) is 0 Å². The summed E-state index contributed by atoms with van der Waals surface area (Å²) in [6.07, 6.45) is 6.81. The zero-order chi connectivity index (χ0) is 14.4. The van der Waals surface area contributed by atoms with Crippen molar-refractivity contribution in [1.82, 2.24) is 10.2 Å². The van der Waals surface area contributed by atoms with Crippen LogP contribution < -0.4 is 11.1 Å². The van der Waals surface area contributed by atoms with Gasteiger partial charge in [-0.05, 0) is 19.8 Å². The molecule has 1 saturated carbocycles. The smallest absolute Gasteiger partial charge is 0.221 e. The molecular formula is C15H29N3O2. The monoisotopic (exact) mass is 283 g/mol. The van der Waals surface area contributed by atoms with Gasteiger partial charge in [-0.2, -0.15) is 0 Å². The van der Waals surface area contributed by atoms with Gasteiger partial charge in [0.1, 0.15) is 0 Å². The van der Waals surface area contributed by atoms with Crippen molar-refractivity contribution in [3.8, 4) is 0 Å². The van der Waals surface area contributed by atoms with Gasteiger partial charge in [-0.25, -0.2) is 0 Å². The minimum atomic E-state index is 0.0499. The molecule has 3 N–H and O–H groups in total. The summed E-state index contributed by atoms with van der Waals surface area (Å²) in [6.45, 7) is 5.25. The van der Waals surface area contributed by atoms with Crippen molar-refractivity contribution in [3.63, 3.8) is 0 Å². The van der Waals surface area contributed by atoms with E-state index in [0.717, 1.165) is 39.1 Å². The predicted molar refractivity (Wildman–Crippen MR) is 79.5 cm³/mol. The molecule has 1 saturated heterocycles. The van der Waals surface area contributed by atoms with Crippen LogP contribution in [0.2, 0.25) is 0 Å². The van der Waals surface area contributed by atoms with Gasteiger partial charge in [0.05, 0.1) is 12.7 Å². The molecule has 20 heavy (non-hydrogen) atoms. The van der Waals surface area contributed by atoms with E-state index in [1.165, 1.54) is 19.3 Å². The first kappa shape index (κ1) is 15.7. The van der Waals surface area contributed by atoms with E-state index in [9.17, 15) is 4.79 Å². The number of ether oxygens (including phenoxy) is 1. The molecule has 0 spiro atoms. The number of carbonyl (C=O) groups excluding carboxylic acids is 1. The number of nitrogens with one attached hydrogen (secondary N) is 1. The number of carbonyl (C=O) groups is 1. The van der Waals surface area contributed by atoms with Crippen molar-refractivity contribution in [1.29, 1.82) is 0 Å². The van der Waals surface area contributed by atoms with Crippen LogP contribution in [0.1, 0.15) is 45.4 Å². The summed E-state index contributed by atoms with van der Waals surface area (Å²) in [7, 11) is 0. The molecular weight excluding hydrogens is 254 g/mol. The molecule has 2 unspecified atom stereocenters. The van der Waals surface area contributed by atoms with Crippen LogP contribution in [0.15, 0.2) is 0 Å². The molecule has 2 fully saturated rings. The van der Waals surface area contributed by atoms with Crippen molar-refractivity contribution >= 4 is 5.91 Å². The first-order valence-corrected chi connectivity index (χ1v) is 8.04. The zero-order valence-electron chi connectivity index (χ0n) is 12.6. The van der Waals surface area contributed by atoms with E-state index in [2.05, 4.69) is 10.2 Å². The average Bonchev–Trinajstić information content (AvgIpc) is 2.46. The summed E-state index contributed by atoms with van der Waals surface area (Å²) in [4.78, 5) is 14.3. The standard InChI is InChI=1S/C15H29N3O2/c1-12(16)14-11-18(9-10-20-14)8-7-15(19)17-13-5-3-2-4-6-13/h12-14H,2-11,16H2,1H3,(H,17,19). The topological polar surface area (TPSA) is 67.6 Å². The van der Waals surface area contributed by atoms with E-state index >= 15 is 0 Å². The van der Waals surface area contributed by atoms with Crippen LogP contribution in [0.3, 0.4) is 0 Å². The van der Waals surface area contributed by atoms with Gasteiger partial charge in [0.15, 0.2) is 0 Å². The van der Waals surface area contributed by atoms with Crippen LogP contribution in [-0.2, 0) is 9.53 Å². The number of hydrogen-bond acceptors (Lipinski definition) is 4. The Morgan fingerprint density at radius 3 is 2.85 bits per heavy atom. The van der Waals surface area contributed by atoms with Crippen molar-refractivity contribution in [2.45, 2.75) is 63.6 Å². The van der Waals surface area contributed by atoms with Gasteiger partial charge >= 0.3 is 0 Å². The van der Waals surface area contributed by atoms with E-state index in [0.29, 0.717) is 12.5 Å². The van der Waals surface area contributed by atoms with Crippen molar-refractivity contribution in [2.24, 2.45) is 5.73 Å². The number of hydrogen-bond donors (Lipinski definition) is 2. The molecule has 0 aromatic heterocycles. The lowest BCUT2D eigenvalue weighted by molar-refractivity contribution is -0.122. The second-order valence-corrected chi connectivity index (χ2v) is 6.22. The Labute approximate surface area is 122 Å². The molecule has 0 aromatic rings. The molecule has 1 aliphatic carbocycles. The highest BCUT2D eigenvalue weighted by atomic mass is 16.5. The predicted octanol–water partition coefficient (Wildman–Crippen LogP) is 0.873. The molecule has 2 aliphatic rings. The van der Waals surface area contributed by atoms with Crippen LogP contribution >= 0.6 is 0 Å². The summed E-state index contributed by atoms with van der Waals surface area (Å²) in [6, 6.07) is 0.464. The van der Waals surface area contributed by atoms with E-state index in [1.54, 1.807) is 0 Å². The van der Waals surface area contributed by atoms with E-state index < -0.39 is 0 Å². The number of morpholine rings is 1. The number of rotatable bonds is 5. The zero-order valence-corrected chi connectivity index (χ0v) is 12.6. The molecule has 1 amide bonds. The van der Waals surface area contributed by atoms with Gasteiger partial charge in [0.25, 0.3) is 0 Å². The highest BCUT2D eigenvalue weighted by Gasteiger charge is 2.24.